The molecule has 17 heavy (non-hydrogen) atoms. The molecule has 0 saturated carbocycles. The minimum atomic E-state index is -0.389. The molecule has 0 bridgehead atoms. The van der Waals surface area contributed by atoms with E-state index < -0.39 is 0 Å². The molecule has 2 rings (SSSR count). The zero-order valence-corrected chi connectivity index (χ0v) is 10.1. The lowest BCUT2D eigenvalue weighted by Gasteiger charge is -2.13. The fraction of sp³-hybridized carbons (Fsp3) is 0.385. The molecule has 90 valence electrons. The number of nitrogens with zero attached hydrogens (tertiary/aromatic N) is 1. The van der Waals surface area contributed by atoms with Gasteiger partial charge in [0.15, 0.2) is 0 Å². The lowest BCUT2D eigenvalue weighted by Crippen LogP contribution is -2.33. The van der Waals surface area contributed by atoms with Crippen LogP contribution in [0, 0.1) is 6.92 Å². The van der Waals surface area contributed by atoms with Crippen molar-refractivity contribution in [3.8, 4) is 0 Å². The third-order valence-electron chi connectivity index (χ3n) is 3.09. The Kier molecular flexibility index (Phi) is 3.13. The smallest absolute Gasteiger partial charge is 0.324 e. The van der Waals surface area contributed by atoms with Gasteiger partial charge in [-0.05, 0) is 31.4 Å². The minimum Gasteiger partial charge on any atom is -0.326 e. The van der Waals surface area contributed by atoms with Gasteiger partial charge in [-0.25, -0.2) is 4.79 Å². The Labute approximate surface area is 101 Å². The Bertz CT molecular complexity index is 456. The number of benzene rings is 1. The quantitative estimate of drug-likeness (QED) is 0.802. The van der Waals surface area contributed by atoms with E-state index in [2.05, 4.69) is 5.32 Å². The fourth-order valence-corrected chi connectivity index (χ4v) is 1.99. The first-order chi connectivity index (χ1) is 8.09. The highest BCUT2D eigenvalue weighted by Crippen LogP contribution is 2.11. The van der Waals surface area contributed by atoms with Crippen LogP contribution >= 0.6 is 0 Å². The van der Waals surface area contributed by atoms with E-state index in [1.54, 1.807) is 6.92 Å². The van der Waals surface area contributed by atoms with Gasteiger partial charge in [-0.15, -0.1) is 0 Å². The zero-order valence-electron chi connectivity index (χ0n) is 10.1. The Morgan fingerprint density at radius 2 is 2.00 bits per heavy atom. The predicted octanol–water partition coefficient (Wildman–Crippen LogP) is 1.48. The van der Waals surface area contributed by atoms with Crippen LogP contribution in [-0.4, -0.2) is 29.4 Å². The van der Waals surface area contributed by atoms with E-state index in [4.69, 9.17) is 0 Å². The molecule has 1 heterocycles. The van der Waals surface area contributed by atoms with Crippen molar-refractivity contribution in [3.05, 3.63) is 35.4 Å². The van der Waals surface area contributed by atoms with Gasteiger partial charge < -0.3 is 5.32 Å². The molecule has 1 atom stereocenters. The average Bonchev–Trinajstić information content (AvgIpc) is 2.53. The number of urea groups is 1. The van der Waals surface area contributed by atoms with Crippen molar-refractivity contribution in [1.29, 1.82) is 0 Å². The van der Waals surface area contributed by atoms with Gasteiger partial charge in [-0.2, -0.15) is 0 Å². The summed E-state index contributed by atoms with van der Waals surface area (Å²) in [6.45, 7) is 4.18. The molecular formula is C13H16N2O2. The van der Waals surface area contributed by atoms with E-state index in [0.717, 1.165) is 0 Å². The van der Waals surface area contributed by atoms with Gasteiger partial charge in [0.05, 0.1) is 0 Å². The summed E-state index contributed by atoms with van der Waals surface area (Å²) in [5, 5.41) is 2.60. The number of nitrogens with one attached hydrogen (secondary N) is 1. The topological polar surface area (TPSA) is 49.4 Å². The van der Waals surface area contributed by atoms with E-state index >= 15 is 0 Å². The van der Waals surface area contributed by atoms with Crippen molar-refractivity contribution >= 4 is 11.9 Å². The average molecular weight is 232 g/mol. The van der Waals surface area contributed by atoms with Crippen LogP contribution in [0.15, 0.2) is 24.3 Å². The van der Waals surface area contributed by atoms with Crippen molar-refractivity contribution < 1.29 is 9.59 Å². The monoisotopic (exact) mass is 232 g/mol. The van der Waals surface area contributed by atoms with Gasteiger partial charge in [-0.1, -0.05) is 24.3 Å². The van der Waals surface area contributed by atoms with Gasteiger partial charge in [-0.3, -0.25) is 9.69 Å². The van der Waals surface area contributed by atoms with Crippen LogP contribution in [-0.2, 0) is 11.2 Å². The van der Waals surface area contributed by atoms with Gasteiger partial charge in [0.25, 0.3) is 5.91 Å². The Morgan fingerprint density at radius 1 is 1.29 bits per heavy atom. The molecule has 1 aliphatic rings. The first kappa shape index (κ1) is 11.6. The molecule has 0 aromatic heterocycles. The number of hydrogen-bond donors (Lipinski definition) is 1. The van der Waals surface area contributed by atoms with E-state index in [1.165, 1.54) is 16.0 Å². The summed E-state index contributed by atoms with van der Waals surface area (Å²) in [4.78, 5) is 24.4. The predicted molar refractivity (Wildman–Crippen MR) is 64.6 cm³/mol. The second-order valence-electron chi connectivity index (χ2n) is 4.34. The molecular weight excluding hydrogens is 216 g/mol. The summed E-state index contributed by atoms with van der Waals surface area (Å²) in [7, 11) is 0. The fourth-order valence-electron chi connectivity index (χ4n) is 1.99. The molecule has 0 spiro atoms. The van der Waals surface area contributed by atoms with Gasteiger partial charge in [0.2, 0.25) is 0 Å². The number of imide groups is 1. The van der Waals surface area contributed by atoms with Crippen molar-refractivity contribution in [1.82, 2.24) is 10.2 Å². The Morgan fingerprint density at radius 3 is 2.59 bits per heavy atom. The summed E-state index contributed by atoms with van der Waals surface area (Å²) in [5.41, 5.74) is 2.36. The van der Waals surface area contributed by atoms with E-state index in [0.29, 0.717) is 13.0 Å². The number of amides is 3. The van der Waals surface area contributed by atoms with Crippen LogP contribution in [0.25, 0.3) is 0 Å². The number of hydrogen-bond acceptors (Lipinski definition) is 2. The second-order valence-corrected chi connectivity index (χ2v) is 4.34. The summed E-state index contributed by atoms with van der Waals surface area (Å²) in [6.07, 6.45) is 0.707. The molecule has 1 saturated heterocycles. The maximum atomic E-state index is 11.7. The van der Waals surface area contributed by atoms with Crippen molar-refractivity contribution in [2.75, 3.05) is 6.54 Å². The van der Waals surface area contributed by atoms with Gasteiger partial charge in [0.1, 0.15) is 6.04 Å². The van der Waals surface area contributed by atoms with Crippen molar-refractivity contribution in [2.45, 2.75) is 26.3 Å². The van der Waals surface area contributed by atoms with E-state index in [1.807, 2.05) is 31.2 Å². The van der Waals surface area contributed by atoms with Crippen LogP contribution in [0.2, 0.25) is 0 Å². The van der Waals surface area contributed by atoms with Crippen LogP contribution in [0.3, 0.4) is 0 Å². The molecule has 0 aliphatic carbocycles. The van der Waals surface area contributed by atoms with E-state index in [-0.39, 0.29) is 18.0 Å². The number of carbonyl (C=O) groups excluding carboxylic acids is 2. The second kappa shape index (κ2) is 4.57. The largest absolute Gasteiger partial charge is 0.326 e. The standard InChI is InChI=1S/C13H16N2O2/c1-9-5-3-4-6-11(9)7-8-15-12(16)10(2)14-13(15)17/h3-6,10H,7-8H2,1-2H3,(H,14,17). The molecule has 1 aromatic carbocycles. The maximum absolute atomic E-state index is 11.7. The minimum absolute atomic E-state index is 0.136. The molecule has 3 amide bonds. The maximum Gasteiger partial charge on any atom is 0.324 e. The molecule has 0 radical (unpaired) electrons. The molecule has 1 aromatic rings. The van der Waals surface area contributed by atoms with E-state index in [9.17, 15) is 9.59 Å². The van der Waals surface area contributed by atoms with Crippen LogP contribution in [0.5, 0.6) is 0 Å². The van der Waals surface area contributed by atoms with Gasteiger partial charge >= 0.3 is 6.03 Å². The highest BCUT2D eigenvalue weighted by Gasteiger charge is 2.34. The van der Waals surface area contributed by atoms with Crippen LogP contribution in [0.1, 0.15) is 18.1 Å². The summed E-state index contributed by atoms with van der Waals surface area (Å²) in [6, 6.07) is 7.34. The van der Waals surface area contributed by atoms with Crippen LogP contribution in [0.4, 0.5) is 4.79 Å². The Balaban J connectivity index is 2.02. The highest BCUT2D eigenvalue weighted by atomic mass is 16.2. The summed E-state index contributed by atoms with van der Waals surface area (Å²) >= 11 is 0. The first-order valence-corrected chi connectivity index (χ1v) is 5.76. The SMILES string of the molecule is Cc1ccccc1CCN1C(=O)NC(C)C1=O. The first-order valence-electron chi connectivity index (χ1n) is 5.76. The van der Waals surface area contributed by atoms with Gasteiger partial charge in [0, 0.05) is 6.54 Å². The third kappa shape index (κ3) is 2.30. The summed E-state index contributed by atoms with van der Waals surface area (Å²) < 4.78 is 0. The highest BCUT2D eigenvalue weighted by molar-refractivity contribution is 6.03. The lowest BCUT2D eigenvalue weighted by molar-refractivity contribution is -0.127. The van der Waals surface area contributed by atoms with Crippen molar-refractivity contribution in [2.24, 2.45) is 0 Å². The number of carbonyl (C=O) groups is 2. The molecule has 1 fully saturated rings. The zero-order chi connectivity index (χ0) is 12.4. The molecule has 1 aliphatic heterocycles. The number of rotatable bonds is 3. The van der Waals surface area contributed by atoms with Crippen LogP contribution < -0.4 is 5.32 Å². The summed E-state index contributed by atoms with van der Waals surface area (Å²) in [5.74, 6) is -0.136. The van der Waals surface area contributed by atoms with Crippen molar-refractivity contribution in [3.63, 3.8) is 0 Å². The molecule has 1 N–H and O–H groups in total. The Hall–Kier alpha value is -1.84. The number of aryl methyl sites for hydroxylation is 1. The molecule has 1 unspecified atom stereocenters. The lowest BCUT2D eigenvalue weighted by atomic mass is 10.1. The normalized spacial score (nSPS) is 19.6. The molecule has 4 heteroatoms. The third-order valence-corrected chi connectivity index (χ3v) is 3.09. The molecule has 4 nitrogen and oxygen atoms in total.